The molecule has 14 heteroatoms. The lowest BCUT2D eigenvalue weighted by Gasteiger charge is -2.35. The highest BCUT2D eigenvalue weighted by Gasteiger charge is 2.31. The number of fused-ring (bicyclic) bond motifs is 2. The zero-order chi connectivity index (χ0) is 33.1. The maximum absolute atomic E-state index is 16.4. The van der Waals surface area contributed by atoms with E-state index in [-0.39, 0.29) is 85.0 Å². The quantitative estimate of drug-likeness (QED) is 0.188. The van der Waals surface area contributed by atoms with Crippen LogP contribution in [0.2, 0.25) is 5.02 Å². The lowest BCUT2D eigenvalue weighted by molar-refractivity contribution is -0.128. The van der Waals surface area contributed by atoms with Crippen molar-refractivity contribution in [3.63, 3.8) is 0 Å². The largest absolute Gasteiger partial charge is 0.462 e. The van der Waals surface area contributed by atoms with Crippen molar-refractivity contribution in [2.75, 3.05) is 51.3 Å². The van der Waals surface area contributed by atoms with Crippen LogP contribution in [-0.4, -0.2) is 89.3 Å². The molecular weight excluding hydrogens is 626 g/mol. The highest BCUT2D eigenvalue weighted by Crippen LogP contribution is 2.38. The van der Waals surface area contributed by atoms with Gasteiger partial charge in [0.25, 0.3) is 5.91 Å². The number of pyridine rings is 1. The van der Waals surface area contributed by atoms with Crippen LogP contribution in [0.5, 0.6) is 6.01 Å². The predicted octanol–water partition coefficient (Wildman–Crippen LogP) is 5.86. The second-order valence-corrected chi connectivity index (χ2v) is 11.3. The molecule has 2 atom stereocenters. The van der Waals surface area contributed by atoms with Crippen LogP contribution in [0.15, 0.2) is 48.9 Å². The van der Waals surface area contributed by atoms with Crippen molar-refractivity contribution in [2.45, 2.75) is 25.6 Å². The summed E-state index contributed by atoms with van der Waals surface area (Å²) in [6.45, 7) is 5.77. The van der Waals surface area contributed by atoms with Crippen LogP contribution < -0.4 is 9.64 Å². The third-order valence-electron chi connectivity index (χ3n) is 7.97. The number of rotatable bonds is 6. The number of carbonyl (C=O) groups excluding carboxylic acids is 1. The first-order valence-electron chi connectivity index (χ1n) is 14.4. The van der Waals surface area contributed by atoms with Crippen molar-refractivity contribution < 1.29 is 27.1 Å². The summed E-state index contributed by atoms with van der Waals surface area (Å²) in [5.74, 6) is -2.95. The van der Waals surface area contributed by atoms with E-state index in [1.54, 1.807) is 37.4 Å². The molecule has 2 unspecified atom stereocenters. The molecule has 1 amide bonds. The highest BCUT2D eigenvalue weighted by atomic mass is 35.5. The Morgan fingerprint density at radius 2 is 1.89 bits per heavy atom. The summed E-state index contributed by atoms with van der Waals surface area (Å²) in [4.78, 5) is 30.4. The fraction of sp³-hybridized carbons (Fsp3) is 0.344. The van der Waals surface area contributed by atoms with Gasteiger partial charge in [-0.25, -0.2) is 17.6 Å². The van der Waals surface area contributed by atoms with Gasteiger partial charge in [-0.15, -0.1) is 0 Å². The first-order chi connectivity index (χ1) is 22.0. The number of nitrogens with zero attached hydrogens (tertiary/aromatic N) is 7. The number of anilines is 1. The van der Waals surface area contributed by atoms with Crippen molar-refractivity contribution in [3.05, 3.63) is 65.6 Å². The lowest BCUT2D eigenvalue weighted by Crippen LogP contribution is -2.49. The molecule has 2 saturated heterocycles. The summed E-state index contributed by atoms with van der Waals surface area (Å²) < 4.78 is 64.2. The van der Waals surface area contributed by atoms with Crippen molar-refractivity contribution in [3.8, 4) is 23.3 Å². The molecule has 2 aliphatic heterocycles. The SMILES string of the molecule is C=C(F)C(=O)N1CCN(c2nc(OCC3CC(F)CN3C)nc3c(F)c(-c4cccc5ccc(F)c(Cl)c45)ncc23)CC1.CC#N. The van der Waals surface area contributed by atoms with Gasteiger partial charge in [0.05, 0.1) is 16.5 Å². The van der Waals surface area contributed by atoms with Gasteiger partial charge in [0.15, 0.2) is 11.6 Å². The zero-order valence-corrected chi connectivity index (χ0v) is 25.9. The van der Waals surface area contributed by atoms with Gasteiger partial charge in [-0.3, -0.25) is 14.7 Å². The summed E-state index contributed by atoms with van der Waals surface area (Å²) >= 11 is 6.32. The van der Waals surface area contributed by atoms with E-state index in [1.807, 2.05) is 9.80 Å². The van der Waals surface area contributed by atoms with Crippen LogP contribution in [-0.2, 0) is 4.79 Å². The molecule has 0 aliphatic carbocycles. The van der Waals surface area contributed by atoms with Gasteiger partial charge < -0.3 is 14.5 Å². The monoisotopic (exact) mass is 655 g/mol. The maximum atomic E-state index is 16.4. The van der Waals surface area contributed by atoms with Crippen molar-refractivity contribution in [1.82, 2.24) is 24.8 Å². The van der Waals surface area contributed by atoms with Gasteiger partial charge in [0.2, 0.25) is 0 Å². The Morgan fingerprint density at radius 3 is 2.54 bits per heavy atom. The molecule has 6 rings (SSSR count). The van der Waals surface area contributed by atoms with Gasteiger partial charge >= 0.3 is 6.01 Å². The van der Waals surface area contributed by atoms with Crippen LogP contribution in [0, 0.1) is 23.0 Å². The Hall–Kier alpha value is -4.54. The minimum absolute atomic E-state index is 0.0839. The van der Waals surface area contributed by atoms with Gasteiger partial charge in [0, 0.05) is 62.8 Å². The maximum Gasteiger partial charge on any atom is 0.319 e. The Bertz CT molecular complexity index is 1850. The van der Waals surface area contributed by atoms with E-state index in [0.29, 0.717) is 16.6 Å². The molecule has 0 saturated carbocycles. The fourth-order valence-electron chi connectivity index (χ4n) is 5.69. The number of benzene rings is 2. The third-order valence-corrected chi connectivity index (χ3v) is 8.34. The molecule has 2 aromatic heterocycles. The summed E-state index contributed by atoms with van der Waals surface area (Å²) in [7, 11) is 1.79. The van der Waals surface area contributed by atoms with Crippen LogP contribution in [0.25, 0.3) is 32.9 Å². The number of nitriles is 1. The Morgan fingerprint density at radius 1 is 1.17 bits per heavy atom. The third kappa shape index (κ3) is 6.54. The number of aromatic nitrogens is 3. The molecule has 0 bridgehead atoms. The number of ether oxygens (including phenoxy) is 1. The van der Waals surface area contributed by atoms with E-state index in [2.05, 4.69) is 21.5 Å². The van der Waals surface area contributed by atoms with Crippen LogP contribution >= 0.6 is 11.6 Å². The number of halogens is 5. The van der Waals surface area contributed by atoms with E-state index in [4.69, 9.17) is 21.6 Å². The lowest BCUT2D eigenvalue weighted by atomic mass is 10.0. The molecule has 2 aliphatic rings. The normalized spacial score (nSPS) is 18.3. The summed E-state index contributed by atoms with van der Waals surface area (Å²) in [5, 5.41) is 8.36. The number of likely N-dealkylation sites (tertiary alicyclic amines) is 1. The molecule has 2 aromatic carbocycles. The molecule has 4 heterocycles. The minimum Gasteiger partial charge on any atom is -0.462 e. The van der Waals surface area contributed by atoms with E-state index in [1.165, 1.54) is 24.1 Å². The van der Waals surface area contributed by atoms with Gasteiger partial charge in [-0.2, -0.15) is 15.2 Å². The number of carbonyl (C=O) groups is 1. The van der Waals surface area contributed by atoms with Crippen LogP contribution in [0.1, 0.15) is 13.3 Å². The zero-order valence-electron chi connectivity index (χ0n) is 25.1. The highest BCUT2D eigenvalue weighted by molar-refractivity contribution is 6.36. The molecule has 0 radical (unpaired) electrons. The number of hydrogen-bond acceptors (Lipinski definition) is 8. The Labute approximate surface area is 267 Å². The predicted molar refractivity (Wildman–Crippen MR) is 167 cm³/mol. The van der Waals surface area contributed by atoms with Crippen molar-refractivity contribution in [1.29, 1.82) is 5.26 Å². The van der Waals surface area contributed by atoms with Gasteiger partial charge in [-0.05, 0) is 24.9 Å². The number of likely N-dealkylation sites (N-methyl/N-ethyl adjacent to an activating group) is 1. The second-order valence-electron chi connectivity index (χ2n) is 10.9. The molecule has 0 spiro atoms. The van der Waals surface area contributed by atoms with Crippen molar-refractivity contribution >= 4 is 45.0 Å². The fourth-order valence-corrected chi connectivity index (χ4v) is 5.97. The molecule has 46 heavy (non-hydrogen) atoms. The van der Waals surface area contributed by atoms with E-state index in [0.717, 1.165) is 0 Å². The summed E-state index contributed by atoms with van der Waals surface area (Å²) in [6, 6.07) is 9.24. The van der Waals surface area contributed by atoms with E-state index < -0.39 is 29.5 Å². The first kappa shape index (κ1) is 32.8. The average Bonchev–Trinajstić information content (AvgIpc) is 3.37. The smallest absolute Gasteiger partial charge is 0.319 e. The van der Waals surface area contributed by atoms with Gasteiger partial charge in [-0.1, -0.05) is 42.4 Å². The molecule has 0 N–H and O–H groups in total. The first-order valence-corrected chi connectivity index (χ1v) is 14.8. The number of alkyl halides is 1. The summed E-state index contributed by atoms with van der Waals surface area (Å²) in [6.07, 6.45) is 0.737. The number of hydrogen-bond donors (Lipinski definition) is 0. The molecule has 240 valence electrons. The second kappa shape index (κ2) is 13.8. The van der Waals surface area contributed by atoms with E-state index >= 15 is 4.39 Å². The molecule has 2 fully saturated rings. The Kier molecular flexibility index (Phi) is 9.88. The summed E-state index contributed by atoms with van der Waals surface area (Å²) in [5.41, 5.74) is 0.103. The molecule has 4 aromatic rings. The van der Waals surface area contributed by atoms with Crippen LogP contribution in [0.3, 0.4) is 0 Å². The molecular formula is C32H30ClF4N7O2. The minimum atomic E-state index is -1.05. The topological polar surface area (TPSA) is 98.5 Å². The number of amides is 1. The van der Waals surface area contributed by atoms with Crippen molar-refractivity contribution in [2.24, 2.45) is 0 Å². The van der Waals surface area contributed by atoms with Crippen LogP contribution in [0.4, 0.5) is 23.4 Å². The number of piperazine rings is 1. The Balaban J connectivity index is 0.00000134. The standard InChI is InChI=1S/C30H27ClF4N6O2.C2H3N/c1-16(32)29(42)41-10-8-40(9-11-41)28-21-13-36-26(20-5-3-4-17-6-7-22(34)24(31)23(17)20)25(35)27(21)37-30(38-28)43-15-19-12-18(33)14-39(19)2;1-2-3/h3-7,13,18-19H,1,8-12,14-15H2,2H3;1H3. The molecule has 9 nitrogen and oxygen atoms in total. The van der Waals surface area contributed by atoms with Gasteiger partial charge in [0.1, 0.15) is 35.6 Å². The average molecular weight is 656 g/mol. The van der Waals surface area contributed by atoms with E-state index in [9.17, 15) is 18.0 Å².